The molecule has 0 aromatic heterocycles. The Bertz CT molecular complexity index is 515. The number of ketones is 1. The molecule has 4 atom stereocenters. The molecule has 1 saturated carbocycles. The SMILES string of the molecule is COCO[C@H]1C(=O)CC(c2ccc(OC)cc2)CC[C@H]1[C@H](O)CO. The lowest BCUT2D eigenvalue weighted by Gasteiger charge is -2.27. The van der Waals surface area contributed by atoms with Crippen molar-refractivity contribution in [1.82, 2.24) is 0 Å². The summed E-state index contributed by atoms with van der Waals surface area (Å²) in [6.07, 6.45) is -0.0543. The van der Waals surface area contributed by atoms with Crippen LogP contribution in [0, 0.1) is 5.92 Å². The molecule has 0 spiro atoms. The van der Waals surface area contributed by atoms with Crippen molar-refractivity contribution in [2.24, 2.45) is 5.92 Å². The van der Waals surface area contributed by atoms with E-state index >= 15 is 0 Å². The van der Waals surface area contributed by atoms with Crippen LogP contribution < -0.4 is 4.74 Å². The van der Waals surface area contributed by atoms with Crippen LogP contribution in [0.3, 0.4) is 0 Å². The summed E-state index contributed by atoms with van der Waals surface area (Å²) in [7, 11) is 3.10. The van der Waals surface area contributed by atoms with Gasteiger partial charge in [-0.15, -0.1) is 0 Å². The van der Waals surface area contributed by atoms with E-state index in [1.54, 1.807) is 7.11 Å². The fourth-order valence-corrected chi connectivity index (χ4v) is 3.29. The lowest BCUT2D eigenvalue weighted by Crippen LogP contribution is -2.40. The van der Waals surface area contributed by atoms with Crippen LogP contribution in [0.4, 0.5) is 0 Å². The van der Waals surface area contributed by atoms with E-state index in [4.69, 9.17) is 14.2 Å². The first-order valence-corrected chi connectivity index (χ1v) is 8.16. The summed E-state index contributed by atoms with van der Waals surface area (Å²) >= 11 is 0. The normalized spacial score (nSPS) is 26.0. The third-order valence-corrected chi connectivity index (χ3v) is 4.64. The van der Waals surface area contributed by atoms with Gasteiger partial charge in [0.25, 0.3) is 0 Å². The lowest BCUT2D eigenvalue weighted by molar-refractivity contribution is -0.151. The largest absolute Gasteiger partial charge is 0.497 e. The zero-order valence-electron chi connectivity index (χ0n) is 14.2. The van der Waals surface area contributed by atoms with Gasteiger partial charge >= 0.3 is 0 Å². The van der Waals surface area contributed by atoms with Crippen molar-refractivity contribution in [3.8, 4) is 5.75 Å². The molecule has 24 heavy (non-hydrogen) atoms. The Labute approximate surface area is 142 Å². The Morgan fingerprint density at radius 2 is 1.92 bits per heavy atom. The molecular formula is C18H26O6. The summed E-state index contributed by atoms with van der Waals surface area (Å²) in [4.78, 5) is 12.7. The molecule has 0 amide bonds. The molecule has 1 fully saturated rings. The van der Waals surface area contributed by atoms with Crippen LogP contribution in [0.2, 0.25) is 0 Å². The minimum atomic E-state index is -0.981. The molecule has 0 radical (unpaired) electrons. The second-order valence-electron chi connectivity index (χ2n) is 6.13. The molecular weight excluding hydrogens is 312 g/mol. The first-order chi connectivity index (χ1) is 11.6. The van der Waals surface area contributed by atoms with Crippen LogP contribution in [0.25, 0.3) is 0 Å². The predicted molar refractivity (Wildman–Crippen MR) is 87.9 cm³/mol. The topological polar surface area (TPSA) is 85.2 Å². The average molecular weight is 338 g/mol. The summed E-state index contributed by atoms with van der Waals surface area (Å²) in [5.74, 6) is 0.338. The Morgan fingerprint density at radius 3 is 2.50 bits per heavy atom. The third kappa shape index (κ3) is 4.54. The van der Waals surface area contributed by atoms with E-state index in [1.807, 2.05) is 24.3 Å². The first-order valence-electron chi connectivity index (χ1n) is 8.16. The number of aliphatic hydroxyl groups excluding tert-OH is 2. The van der Waals surface area contributed by atoms with Gasteiger partial charge in [0, 0.05) is 19.4 Å². The number of rotatable bonds is 7. The summed E-state index contributed by atoms with van der Waals surface area (Å²) in [6.45, 7) is -0.406. The van der Waals surface area contributed by atoms with E-state index in [0.29, 0.717) is 12.8 Å². The van der Waals surface area contributed by atoms with Crippen molar-refractivity contribution in [3.05, 3.63) is 29.8 Å². The molecule has 1 aromatic rings. The second-order valence-corrected chi connectivity index (χ2v) is 6.13. The fourth-order valence-electron chi connectivity index (χ4n) is 3.29. The monoisotopic (exact) mass is 338 g/mol. The molecule has 0 heterocycles. The molecule has 1 aliphatic carbocycles. The van der Waals surface area contributed by atoms with Crippen LogP contribution in [0.15, 0.2) is 24.3 Å². The van der Waals surface area contributed by atoms with Crippen molar-refractivity contribution < 1.29 is 29.2 Å². The Morgan fingerprint density at radius 1 is 1.21 bits per heavy atom. The van der Waals surface area contributed by atoms with Crippen molar-refractivity contribution >= 4 is 5.78 Å². The van der Waals surface area contributed by atoms with E-state index < -0.39 is 24.7 Å². The highest BCUT2D eigenvalue weighted by atomic mass is 16.7. The van der Waals surface area contributed by atoms with Gasteiger partial charge in [-0.2, -0.15) is 0 Å². The van der Waals surface area contributed by atoms with Gasteiger partial charge in [0.1, 0.15) is 18.6 Å². The number of hydrogen-bond acceptors (Lipinski definition) is 6. The number of hydrogen-bond donors (Lipinski definition) is 2. The lowest BCUT2D eigenvalue weighted by atomic mass is 9.89. The first kappa shape index (κ1) is 18.9. The maximum absolute atomic E-state index is 12.7. The van der Waals surface area contributed by atoms with Crippen LogP contribution >= 0.6 is 0 Å². The minimum Gasteiger partial charge on any atom is -0.497 e. The maximum Gasteiger partial charge on any atom is 0.162 e. The van der Waals surface area contributed by atoms with E-state index in [2.05, 4.69) is 0 Å². The number of benzene rings is 1. The summed E-state index contributed by atoms with van der Waals surface area (Å²) in [6, 6.07) is 7.68. The highest BCUT2D eigenvalue weighted by molar-refractivity contribution is 5.84. The molecule has 0 aliphatic heterocycles. The Kier molecular flexibility index (Phi) is 7.17. The van der Waals surface area contributed by atoms with Gasteiger partial charge in [-0.05, 0) is 36.5 Å². The number of carbonyl (C=O) groups excluding carboxylic acids is 1. The van der Waals surface area contributed by atoms with Crippen molar-refractivity contribution in [2.45, 2.75) is 37.4 Å². The van der Waals surface area contributed by atoms with Crippen LogP contribution in [0.5, 0.6) is 5.75 Å². The highest BCUT2D eigenvalue weighted by Gasteiger charge is 2.38. The number of Topliss-reactive ketones (excluding diaryl/α,β-unsaturated/α-hetero) is 1. The third-order valence-electron chi connectivity index (χ3n) is 4.64. The van der Waals surface area contributed by atoms with Gasteiger partial charge < -0.3 is 24.4 Å². The standard InChI is InChI=1S/C18H26O6/c1-22-11-24-18-15(17(21)10-19)8-5-13(9-16(18)20)12-3-6-14(23-2)7-4-12/h3-4,6-7,13,15,17-19,21H,5,8-11H2,1-2H3/t13?,15-,17+,18+/m0/s1. The average Bonchev–Trinajstić information content (AvgIpc) is 2.78. The van der Waals surface area contributed by atoms with Crippen molar-refractivity contribution in [3.63, 3.8) is 0 Å². The second kappa shape index (κ2) is 9.13. The van der Waals surface area contributed by atoms with Crippen molar-refractivity contribution in [2.75, 3.05) is 27.6 Å². The molecule has 2 N–H and O–H groups in total. The molecule has 0 bridgehead atoms. The molecule has 1 unspecified atom stereocenters. The molecule has 1 aromatic carbocycles. The van der Waals surface area contributed by atoms with E-state index in [-0.39, 0.29) is 18.5 Å². The van der Waals surface area contributed by atoms with Gasteiger partial charge in [-0.1, -0.05) is 12.1 Å². The zero-order valence-corrected chi connectivity index (χ0v) is 14.2. The fraction of sp³-hybridized carbons (Fsp3) is 0.611. The number of aliphatic hydroxyl groups is 2. The van der Waals surface area contributed by atoms with Crippen LogP contribution in [0.1, 0.15) is 30.7 Å². The van der Waals surface area contributed by atoms with E-state index in [0.717, 1.165) is 17.7 Å². The van der Waals surface area contributed by atoms with Crippen LogP contribution in [-0.2, 0) is 14.3 Å². The van der Waals surface area contributed by atoms with Gasteiger partial charge in [0.15, 0.2) is 5.78 Å². The van der Waals surface area contributed by atoms with Gasteiger partial charge in [-0.25, -0.2) is 0 Å². The molecule has 1 aliphatic rings. The zero-order chi connectivity index (χ0) is 17.5. The smallest absolute Gasteiger partial charge is 0.162 e. The van der Waals surface area contributed by atoms with E-state index in [1.165, 1.54) is 7.11 Å². The predicted octanol–water partition coefficient (Wildman–Crippen LogP) is 1.49. The molecule has 2 rings (SSSR count). The summed E-state index contributed by atoms with van der Waals surface area (Å²) < 4.78 is 15.6. The highest BCUT2D eigenvalue weighted by Crippen LogP contribution is 2.35. The van der Waals surface area contributed by atoms with E-state index in [9.17, 15) is 15.0 Å². The van der Waals surface area contributed by atoms with Crippen LogP contribution in [-0.4, -0.2) is 55.8 Å². The Balaban J connectivity index is 2.17. The summed E-state index contributed by atoms with van der Waals surface area (Å²) in [5.41, 5.74) is 1.06. The number of ether oxygens (including phenoxy) is 3. The summed E-state index contributed by atoms with van der Waals surface area (Å²) in [5, 5.41) is 19.4. The van der Waals surface area contributed by atoms with Gasteiger partial charge in [-0.3, -0.25) is 4.79 Å². The molecule has 6 heteroatoms. The number of methoxy groups -OCH3 is 2. The minimum absolute atomic E-state index is 0.0156. The molecule has 134 valence electrons. The van der Waals surface area contributed by atoms with Gasteiger partial charge in [0.2, 0.25) is 0 Å². The van der Waals surface area contributed by atoms with Crippen molar-refractivity contribution in [1.29, 1.82) is 0 Å². The number of carbonyl (C=O) groups is 1. The molecule has 0 saturated heterocycles. The quantitative estimate of drug-likeness (QED) is 0.579. The Hall–Kier alpha value is -1.47. The molecule has 6 nitrogen and oxygen atoms in total. The maximum atomic E-state index is 12.7. The van der Waals surface area contributed by atoms with Gasteiger partial charge in [0.05, 0.1) is 19.8 Å².